The summed E-state index contributed by atoms with van der Waals surface area (Å²) >= 11 is 1.73. The normalized spacial score (nSPS) is 9.41. The van der Waals surface area contributed by atoms with Gasteiger partial charge in [-0.05, 0) is 63.3 Å². The van der Waals surface area contributed by atoms with Crippen molar-refractivity contribution in [2.45, 2.75) is 39.0 Å². The summed E-state index contributed by atoms with van der Waals surface area (Å²) in [4.78, 5) is 1.26. The monoisotopic (exact) mass is 380 g/mol. The average Bonchev–Trinajstić information content (AvgIpc) is 2.72. The Balaban J connectivity index is 0.000000204. The lowest BCUT2D eigenvalue weighted by Gasteiger charge is -1.98. The largest absolute Gasteiger partial charge is 0.497 e. The lowest BCUT2D eigenvalue weighted by atomic mass is 10.1. The van der Waals surface area contributed by atoms with Gasteiger partial charge < -0.3 is 4.74 Å². The molecule has 0 atom stereocenters. The van der Waals surface area contributed by atoms with Crippen LogP contribution in [0, 0.1) is 20.8 Å². The Kier molecular flexibility index (Phi) is 11.0. The number of aryl methyl sites for hydroxylation is 4. The molecule has 0 bridgehead atoms. The minimum atomic E-state index is 0.915. The summed E-state index contributed by atoms with van der Waals surface area (Å²) in [5.74, 6) is 0.915. The Bertz CT molecular complexity index is 700. The van der Waals surface area contributed by atoms with Crippen molar-refractivity contribution in [3.8, 4) is 5.75 Å². The van der Waals surface area contributed by atoms with Crippen LogP contribution < -0.4 is 4.74 Å². The van der Waals surface area contributed by atoms with Crippen LogP contribution in [-0.4, -0.2) is 13.4 Å². The van der Waals surface area contributed by atoms with E-state index >= 15 is 0 Å². The zero-order chi connectivity index (χ0) is 20.1. The molecule has 0 fully saturated rings. The van der Waals surface area contributed by atoms with Gasteiger partial charge >= 0.3 is 0 Å². The van der Waals surface area contributed by atoms with Crippen LogP contribution in [0.1, 0.15) is 29.2 Å². The van der Waals surface area contributed by atoms with Gasteiger partial charge in [0.25, 0.3) is 0 Å². The highest BCUT2D eigenvalue weighted by atomic mass is 32.2. The molecular formula is C25H32OS. The van der Waals surface area contributed by atoms with Crippen LogP contribution in [0.4, 0.5) is 0 Å². The van der Waals surface area contributed by atoms with Gasteiger partial charge in [-0.25, -0.2) is 0 Å². The van der Waals surface area contributed by atoms with Gasteiger partial charge in [-0.2, -0.15) is 0 Å². The number of benzene rings is 3. The number of methoxy groups -OCH3 is 1. The van der Waals surface area contributed by atoms with Crippen molar-refractivity contribution in [2.75, 3.05) is 13.4 Å². The molecule has 0 saturated carbocycles. The Morgan fingerprint density at radius 3 is 1.41 bits per heavy atom. The van der Waals surface area contributed by atoms with Crippen LogP contribution in [0.2, 0.25) is 0 Å². The first kappa shape index (κ1) is 22.9. The Hall–Kier alpha value is -2.19. The Morgan fingerprint density at radius 1 is 0.667 bits per heavy atom. The number of hydrogen-bond acceptors (Lipinski definition) is 2. The van der Waals surface area contributed by atoms with Gasteiger partial charge in [0.2, 0.25) is 0 Å². The van der Waals surface area contributed by atoms with Crippen LogP contribution in [0.15, 0.2) is 77.7 Å². The van der Waals surface area contributed by atoms with Crippen LogP contribution >= 0.6 is 11.8 Å². The summed E-state index contributed by atoms with van der Waals surface area (Å²) in [5.41, 5.74) is 5.42. The van der Waals surface area contributed by atoms with Gasteiger partial charge in [0.05, 0.1) is 7.11 Å². The van der Waals surface area contributed by atoms with E-state index in [1.54, 1.807) is 18.9 Å². The van der Waals surface area contributed by atoms with Gasteiger partial charge in [0.1, 0.15) is 5.75 Å². The molecule has 0 N–H and O–H groups in total. The number of ether oxygens (including phenoxy) is 1. The summed E-state index contributed by atoms with van der Waals surface area (Å²) in [6, 6.07) is 25.2. The summed E-state index contributed by atoms with van der Waals surface area (Å²) in [5, 5.41) is 0. The van der Waals surface area contributed by atoms with Crippen LogP contribution in [-0.2, 0) is 6.42 Å². The van der Waals surface area contributed by atoms with Crippen molar-refractivity contribution < 1.29 is 4.74 Å². The first-order valence-electron chi connectivity index (χ1n) is 9.25. The van der Waals surface area contributed by atoms with Gasteiger partial charge in [0.15, 0.2) is 0 Å². The van der Waals surface area contributed by atoms with E-state index in [0.29, 0.717) is 0 Å². The summed E-state index contributed by atoms with van der Waals surface area (Å²) < 4.78 is 5.00. The maximum atomic E-state index is 5.00. The van der Waals surface area contributed by atoms with E-state index in [4.69, 9.17) is 4.74 Å². The molecule has 0 saturated heterocycles. The first-order valence-corrected chi connectivity index (χ1v) is 10.5. The molecular weight excluding hydrogens is 348 g/mol. The van der Waals surface area contributed by atoms with E-state index < -0.39 is 0 Å². The van der Waals surface area contributed by atoms with Crippen molar-refractivity contribution in [3.05, 3.63) is 95.1 Å². The molecule has 27 heavy (non-hydrogen) atoms. The molecule has 144 valence electrons. The lowest BCUT2D eigenvalue weighted by molar-refractivity contribution is 0.414. The lowest BCUT2D eigenvalue weighted by Crippen LogP contribution is -1.80. The molecule has 0 aliphatic rings. The summed E-state index contributed by atoms with van der Waals surface area (Å²) in [6.07, 6.45) is 3.20. The highest BCUT2D eigenvalue weighted by Gasteiger charge is 1.89. The highest BCUT2D eigenvalue weighted by Crippen LogP contribution is 2.18. The van der Waals surface area contributed by atoms with Crippen LogP contribution in [0.25, 0.3) is 0 Å². The minimum Gasteiger partial charge on any atom is -0.497 e. The number of thioether (sulfide) groups is 1. The molecule has 0 aliphatic carbocycles. The number of rotatable bonds is 3. The summed E-state index contributed by atoms with van der Waals surface area (Å²) in [7, 11) is 1.67. The van der Waals surface area contributed by atoms with E-state index in [9.17, 15) is 0 Å². The molecule has 0 radical (unpaired) electrons. The molecule has 1 nitrogen and oxygen atoms in total. The zero-order valence-electron chi connectivity index (χ0n) is 17.5. The van der Waals surface area contributed by atoms with Crippen molar-refractivity contribution in [2.24, 2.45) is 0 Å². The molecule has 0 aliphatic heterocycles. The van der Waals surface area contributed by atoms with Crippen molar-refractivity contribution in [1.82, 2.24) is 0 Å². The molecule has 0 spiro atoms. The van der Waals surface area contributed by atoms with Gasteiger partial charge in [-0.15, -0.1) is 11.8 Å². The third-order valence-electron chi connectivity index (χ3n) is 4.04. The predicted octanol–water partition coefficient (Wildman–Crippen LogP) is 7.28. The quantitative estimate of drug-likeness (QED) is 0.442. The molecule has 0 amide bonds. The van der Waals surface area contributed by atoms with Gasteiger partial charge in [0, 0.05) is 4.90 Å². The van der Waals surface area contributed by atoms with Gasteiger partial charge in [-0.1, -0.05) is 72.1 Å². The maximum Gasteiger partial charge on any atom is 0.118 e. The van der Waals surface area contributed by atoms with Gasteiger partial charge in [-0.3, -0.25) is 0 Å². The Morgan fingerprint density at radius 2 is 1.07 bits per heavy atom. The standard InChI is InChI=1S/C9H12.C8H10OS.C8H10/c1-3-9-6-4-8(2)5-7-9;1-9-7-3-5-8(10-2)6-4-7;1-7-3-5-8(2)6-4-7/h4-7H,3H2,1-2H3;3-6H,1-2H3;3-6H,1-2H3. The first-order chi connectivity index (χ1) is 13.0. The topological polar surface area (TPSA) is 9.23 Å². The maximum absolute atomic E-state index is 5.00. The van der Waals surface area contributed by atoms with E-state index in [2.05, 4.69) is 82.5 Å². The fraction of sp³-hybridized carbons (Fsp3) is 0.280. The molecule has 3 rings (SSSR count). The van der Waals surface area contributed by atoms with Crippen molar-refractivity contribution in [3.63, 3.8) is 0 Å². The van der Waals surface area contributed by atoms with Crippen molar-refractivity contribution >= 4 is 11.8 Å². The molecule has 0 heterocycles. The van der Waals surface area contributed by atoms with Crippen LogP contribution in [0.3, 0.4) is 0 Å². The third kappa shape index (κ3) is 9.91. The van der Waals surface area contributed by atoms with E-state index in [1.165, 1.54) is 27.1 Å². The highest BCUT2D eigenvalue weighted by molar-refractivity contribution is 7.98. The fourth-order valence-corrected chi connectivity index (χ4v) is 2.58. The van der Waals surface area contributed by atoms with E-state index in [-0.39, 0.29) is 0 Å². The summed E-state index contributed by atoms with van der Waals surface area (Å²) in [6.45, 7) is 8.48. The molecule has 0 unspecified atom stereocenters. The average molecular weight is 381 g/mol. The molecule has 3 aromatic carbocycles. The molecule has 2 heteroatoms. The second kappa shape index (κ2) is 13.1. The Labute approximate surface area is 169 Å². The third-order valence-corrected chi connectivity index (χ3v) is 4.79. The van der Waals surface area contributed by atoms with Crippen molar-refractivity contribution in [1.29, 1.82) is 0 Å². The second-order valence-corrected chi connectivity index (χ2v) is 7.25. The number of hydrogen-bond donors (Lipinski definition) is 0. The second-order valence-electron chi connectivity index (χ2n) is 6.37. The van der Waals surface area contributed by atoms with Crippen LogP contribution in [0.5, 0.6) is 5.75 Å². The van der Waals surface area contributed by atoms with E-state index in [0.717, 1.165) is 12.2 Å². The smallest absolute Gasteiger partial charge is 0.118 e. The fourth-order valence-electron chi connectivity index (χ4n) is 2.17. The minimum absolute atomic E-state index is 0.915. The van der Waals surface area contributed by atoms with E-state index in [1.807, 2.05) is 24.3 Å². The molecule has 3 aromatic rings. The SMILES string of the molecule is CCc1ccc(C)cc1.COc1ccc(SC)cc1.Cc1ccc(C)cc1. The zero-order valence-corrected chi connectivity index (χ0v) is 18.3. The predicted molar refractivity (Wildman–Crippen MR) is 121 cm³/mol. The molecule has 0 aromatic heterocycles.